The molecule has 21 heavy (non-hydrogen) atoms. The maximum absolute atomic E-state index is 13.0. The van der Waals surface area contributed by atoms with E-state index in [1.165, 1.54) is 16.7 Å². The third kappa shape index (κ3) is 1.74. The average Bonchev–Trinajstić information content (AvgIpc) is 3.10. The summed E-state index contributed by atoms with van der Waals surface area (Å²) < 4.78 is 0. The van der Waals surface area contributed by atoms with Crippen LogP contribution >= 0.6 is 11.6 Å². The highest BCUT2D eigenvalue weighted by atomic mass is 35.5. The topological polar surface area (TPSA) is 17.1 Å². The first-order chi connectivity index (χ1) is 10.1. The number of Topliss-reactive ketones (excluding diaryl/α,β-unsaturated/α-hetero) is 1. The summed E-state index contributed by atoms with van der Waals surface area (Å²) in [5.74, 6) is 0.413. The normalized spacial score (nSPS) is 30.3. The van der Waals surface area contributed by atoms with Gasteiger partial charge in [0.05, 0.1) is 10.8 Å². The lowest BCUT2D eigenvalue weighted by Crippen LogP contribution is -2.27. The molecule has 4 rings (SSSR count). The number of aryl methyl sites for hydroxylation is 2. The zero-order valence-corrected chi connectivity index (χ0v) is 12.7. The highest BCUT2D eigenvalue weighted by Crippen LogP contribution is 2.67. The van der Waals surface area contributed by atoms with Crippen LogP contribution in [0, 0.1) is 12.3 Å². The summed E-state index contributed by atoms with van der Waals surface area (Å²) in [7, 11) is 0. The predicted molar refractivity (Wildman–Crippen MR) is 85.1 cm³/mol. The predicted octanol–water partition coefficient (Wildman–Crippen LogP) is 4.52. The van der Waals surface area contributed by atoms with E-state index >= 15 is 0 Å². The molecule has 0 aliphatic heterocycles. The first-order valence-corrected chi connectivity index (χ1v) is 7.91. The van der Waals surface area contributed by atoms with Gasteiger partial charge in [0.15, 0.2) is 5.78 Å². The number of alkyl halides is 1. The Bertz CT molecular complexity index is 719. The molecule has 1 spiro atoms. The monoisotopic (exact) mass is 296 g/mol. The molecule has 2 aliphatic rings. The molecule has 106 valence electrons. The van der Waals surface area contributed by atoms with Crippen LogP contribution in [0.25, 0.3) is 0 Å². The molecule has 0 saturated heterocycles. The van der Waals surface area contributed by atoms with E-state index in [0.717, 1.165) is 18.4 Å². The lowest BCUT2D eigenvalue weighted by atomic mass is 9.78. The van der Waals surface area contributed by atoms with Crippen LogP contribution in [-0.2, 0) is 6.42 Å². The van der Waals surface area contributed by atoms with E-state index < -0.39 is 0 Å². The largest absolute Gasteiger partial charge is 0.293 e. The number of halogens is 1. The highest BCUT2D eigenvalue weighted by Gasteiger charge is 2.69. The molecule has 3 atom stereocenters. The van der Waals surface area contributed by atoms with Gasteiger partial charge < -0.3 is 0 Å². The summed E-state index contributed by atoms with van der Waals surface area (Å²) >= 11 is 6.60. The number of hydrogen-bond donors (Lipinski definition) is 0. The van der Waals surface area contributed by atoms with Crippen molar-refractivity contribution in [1.29, 1.82) is 0 Å². The van der Waals surface area contributed by atoms with Crippen LogP contribution in [0.1, 0.15) is 39.4 Å². The minimum absolute atomic E-state index is 0.0685. The fourth-order valence-electron chi connectivity index (χ4n) is 3.86. The summed E-state index contributed by atoms with van der Waals surface area (Å²) in [4.78, 5) is 13.0. The Morgan fingerprint density at radius 1 is 1.10 bits per heavy atom. The van der Waals surface area contributed by atoms with Gasteiger partial charge in [-0.1, -0.05) is 54.1 Å². The van der Waals surface area contributed by atoms with E-state index in [1.807, 2.05) is 18.2 Å². The van der Waals surface area contributed by atoms with Crippen molar-refractivity contribution in [2.24, 2.45) is 5.41 Å². The summed E-state index contributed by atoms with van der Waals surface area (Å²) in [6.07, 6.45) is 1.82. The maximum atomic E-state index is 13.0. The fourth-order valence-corrected chi connectivity index (χ4v) is 4.50. The molecule has 0 radical (unpaired) electrons. The SMILES string of the molecule is Cc1ccc([C@H]2[C@@H](Cl)[C@@]23CCc2ccccc2C3=O)cc1. The average molecular weight is 297 g/mol. The third-order valence-electron chi connectivity index (χ3n) is 5.16. The molecule has 0 amide bonds. The van der Waals surface area contributed by atoms with Gasteiger partial charge in [-0.2, -0.15) is 0 Å². The van der Waals surface area contributed by atoms with Crippen LogP contribution in [0.5, 0.6) is 0 Å². The van der Waals surface area contributed by atoms with Crippen molar-refractivity contribution < 1.29 is 4.79 Å². The smallest absolute Gasteiger partial charge is 0.171 e. The first-order valence-electron chi connectivity index (χ1n) is 7.48. The number of hydrogen-bond acceptors (Lipinski definition) is 1. The quantitative estimate of drug-likeness (QED) is 0.707. The Balaban J connectivity index is 1.74. The lowest BCUT2D eigenvalue weighted by Gasteiger charge is -2.24. The Hall–Kier alpha value is -1.60. The van der Waals surface area contributed by atoms with E-state index in [2.05, 4.69) is 37.3 Å². The van der Waals surface area contributed by atoms with E-state index in [-0.39, 0.29) is 22.5 Å². The van der Waals surface area contributed by atoms with Gasteiger partial charge >= 0.3 is 0 Å². The van der Waals surface area contributed by atoms with Gasteiger partial charge in [0.2, 0.25) is 0 Å². The Kier molecular flexibility index (Phi) is 2.77. The van der Waals surface area contributed by atoms with Crippen molar-refractivity contribution in [3.8, 4) is 0 Å². The van der Waals surface area contributed by atoms with Crippen molar-refractivity contribution in [2.45, 2.75) is 31.1 Å². The summed E-state index contributed by atoms with van der Waals surface area (Å²) in [5.41, 5.74) is 4.12. The second-order valence-electron chi connectivity index (χ2n) is 6.32. The van der Waals surface area contributed by atoms with Crippen molar-refractivity contribution in [3.05, 3.63) is 70.8 Å². The second kappa shape index (κ2) is 4.45. The van der Waals surface area contributed by atoms with Gasteiger partial charge in [0, 0.05) is 11.5 Å². The molecule has 2 aliphatic carbocycles. The number of carbonyl (C=O) groups excluding carboxylic acids is 1. The van der Waals surface area contributed by atoms with Gasteiger partial charge in [-0.25, -0.2) is 0 Å². The van der Waals surface area contributed by atoms with Crippen LogP contribution in [0.3, 0.4) is 0 Å². The van der Waals surface area contributed by atoms with Crippen LogP contribution in [-0.4, -0.2) is 11.2 Å². The van der Waals surface area contributed by atoms with Gasteiger partial charge in [-0.05, 0) is 30.9 Å². The van der Waals surface area contributed by atoms with Gasteiger partial charge in [-0.15, -0.1) is 11.6 Å². The number of rotatable bonds is 1. The first kappa shape index (κ1) is 13.1. The van der Waals surface area contributed by atoms with E-state index in [0.29, 0.717) is 0 Å². The summed E-state index contributed by atoms with van der Waals surface area (Å²) in [6, 6.07) is 16.4. The molecule has 0 bridgehead atoms. The zero-order chi connectivity index (χ0) is 14.6. The van der Waals surface area contributed by atoms with Crippen molar-refractivity contribution >= 4 is 17.4 Å². The molecule has 0 heterocycles. The molecule has 0 unspecified atom stereocenters. The zero-order valence-electron chi connectivity index (χ0n) is 12.0. The molecular weight excluding hydrogens is 280 g/mol. The Morgan fingerprint density at radius 2 is 1.81 bits per heavy atom. The van der Waals surface area contributed by atoms with Crippen LogP contribution in [0.15, 0.2) is 48.5 Å². The fraction of sp³-hybridized carbons (Fsp3) is 0.316. The third-order valence-corrected chi connectivity index (χ3v) is 5.80. The van der Waals surface area contributed by atoms with Crippen molar-refractivity contribution in [3.63, 3.8) is 0 Å². The standard InChI is InChI=1S/C19H17ClO/c1-12-6-8-14(9-7-12)16-17(20)19(16)11-10-13-4-2-3-5-15(13)18(19)21/h2-9,16-17H,10-11H2,1H3/t16-,17+,19+/m0/s1. The van der Waals surface area contributed by atoms with Gasteiger partial charge in [-0.3, -0.25) is 4.79 Å². The van der Waals surface area contributed by atoms with E-state index in [9.17, 15) is 4.79 Å². The number of fused-ring (bicyclic) bond motifs is 1. The van der Waals surface area contributed by atoms with Crippen molar-refractivity contribution in [2.75, 3.05) is 0 Å². The molecule has 0 N–H and O–H groups in total. The molecule has 2 aromatic rings. The molecular formula is C19H17ClO. The minimum Gasteiger partial charge on any atom is -0.293 e. The van der Waals surface area contributed by atoms with Crippen LogP contribution < -0.4 is 0 Å². The van der Waals surface area contributed by atoms with Gasteiger partial charge in [0.25, 0.3) is 0 Å². The van der Waals surface area contributed by atoms with Crippen LogP contribution in [0.2, 0.25) is 0 Å². The lowest BCUT2D eigenvalue weighted by molar-refractivity contribution is 0.0875. The van der Waals surface area contributed by atoms with Crippen molar-refractivity contribution in [1.82, 2.24) is 0 Å². The Morgan fingerprint density at radius 3 is 2.57 bits per heavy atom. The minimum atomic E-state index is -0.370. The van der Waals surface area contributed by atoms with Crippen LogP contribution in [0.4, 0.5) is 0 Å². The molecule has 2 heteroatoms. The number of ketones is 1. The number of benzene rings is 2. The molecule has 1 fully saturated rings. The molecule has 2 aromatic carbocycles. The van der Waals surface area contributed by atoms with E-state index in [1.54, 1.807) is 0 Å². The molecule has 1 saturated carbocycles. The molecule has 1 nitrogen and oxygen atoms in total. The highest BCUT2D eigenvalue weighted by molar-refractivity contribution is 6.29. The van der Waals surface area contributed by atoms with E-state index in [4.69, 9.17) is 11.6 Å². The number of carbonyl (C=O) groups is 1. The Labute approximate surface area is 129 Å². The molecule has 0 aromatic heterocycles. The maximum Gasteiger partial charge on any atom is 0.171 e. The van der Waals surface area contributed by atoms with Gasteiger partial charge in [0.1, 0.15) is 0 Å². The second-order valence-corrected chi connectivity index (χ2v) is 6.79. The summed E-state index contributed by atoms with van der Waals surface area (Å²) in [6.45, 7) is 2.08. The summed E-state index contributed by atoms with van der Waals surface area (Å²) in [5, 5.41) is -0.0685.